The quantitative estimate of drug-likeness (QED) is 0.223. The molecule has 4 nitrogen and oxygen atoms in total. The van der Waals surface area contributed by atoms with Gasteiger partial charge in [0, 0.05) is 0 Å². The van der Waals surface area contributed by atoms with E-state index in [0.29, 0.717) is 19.8 Å². The van der Waals surface area contributed by atoms with Crippen LogP contribution in [0.1, 0.15) is 45.2 Å². The number of rotatable bonds is 11. The first kappa shape index (κ1) is 22.0. The molecule has 0 spiro atoms. The Morgan fingerprint density at radius 1 is 1.08 bits per heavy atom. The van der Waals surface area contributed by atoms with E-state index in [1.54, 1.807) is 0 Å². The maximum Gasteiger partial charge on any atom is 0.151 e. The van der Waals surface area contributed by atoms with Gasteiger partial charge in [-0.15, -0.1) is 0 Å². The van der Waals surface area contributed by atoms with E-state index in [1.165, 1.54) is 5.56 Å². The summed E-state index contributed by atoms with van der Waals surface area (Å²) in [7, 11) is 0. The first-order valence-corrected chi connectivity index (χ1v) is 10.1. The molecule has 140 valence electrons. The van der Waals surface area contributed by atoms with Crippen LogP contribution in [0.2, 0.25) is 0 Å². The third-order valence-electron chi connectivity index (χ3n) is 3.27. The molecule has 0 atom stereocenters. The SMILES string of the molecule is CCCc1cc(OCC=C(Br)Br)cc(CC)c1OCCON=C(C)C. The average Bonchev–Trinajstić information content (AvgIpc) is 2.55. The second-order valence-corrected chi connectivity index (χ2v) is 8.47. The van der Waals surface area contributed by atoms with Gasteiger partial charge in [0.05, 0.1) is 9.10 Å². The number of nitrogens with zero attached hydrogens (tertiary/aromatic N) is 1. The van der Waals surface area contributed by atoms with E-state index in [9.17, 15) is 0 Å². The molecule has 0 fully saturated rings. The zero-order valence-electron chi connectivity index (χ0n) is 15.4. The highest BCUT2D eigenvalue weighted by atomic mass is 79.9. The van der Waals surface area contributed by atoms with Crippen LogP contribution in [0, 0.1) is 0 Å². The molecule has 0 unspecified atom stereocenters. The molecule has 0 aliphatic rings. The van der Waals surface area contributed by atoms with Crippen LogP contribution < -0.4 is 9.47 Å². The fraction of sp³-hybridized carbons (Fsp3) is 0.526. The second-order valence-electron chi connectivity index (χ2n) is 5.70. The Hall–Kier alpha value is -1.01. The van der Waals surface area contributed by atoms with E-state index in [2.05, 4.69) is 63.0 Å². The van der Waals surface area contributed by atoms with Crippen molar-refractivity contribution in [2.45, 2.75) is 47.0 Å². The van der Waals surface area contributed by atoms with Gasteiger partial charge in [-0.2, -0.15) is 0 Å². The molecule has 0 saturated heterocycles. The Bertz CT molecular complexity index is 593. The number of halogens is 2. The van der Waals surface area contributed by atoms with Crippen LogP contribution in [-0.4, -0.2) is 25.5 Å². The van der Waals surface area contributed by atoms with Gasteiger partial charge in [-0.3, -0.25) is 0 Å². The molecular formula is C19H27Br2NO3. The van der Waals surface area contributed by atoms with Gasteiger partial charge in [0.2, 0.25) is 0 Å². The Kier molecular flexibility index (Phi) is 10.9. The van der Waals surface area contributed by atoms with Crippen molar-refractivity contribution < 1.29 is 14.3 Å². The summed E-state index contributed by atoms with van der Waals surface area (Å²) in [6.45, 7) is 9.49. The zero-order valence-corrected chi connectivity index (χ0v) is 18.6. The predicted molar refractivity (Wildman–Crippen MR) is 111 cm³/mol. The lowest BCUT2D eigenvalue weighted by Crippen LogP contribution is -2.09. The maximum absolute atomic E-state index is 6.01. The normalized spacial score (nSPS) is 10.2. The Labute approximate surface area is 167 Å². The van der Waals surface area contributed by atoms with Crippen LogP contribution in [0.4, 0.5) is 0 Å². The van der Waals surface area contributed by atoms with E-state index in [0.717, 1.165) is 45.4 Å². The van der Waals surface area contributed by atoms with Crippen molar-refractivity contribution in [3.63, 3.8) is 0 Å². The minimum atomic E-state index is 0.433. The van der Waals surface area contributed by atoms with Gasteiger partial charge >= 0.3 is 0 Å². The van der Waals surface area contributed by atoms with Crippen molar-refractivity contribution in [3.8, 4) is 11.5 Å². The number of aryl methyl sites for hydroxylation is 2. The molecule has 1 aromatic rings. The fourth-order valence-electron chi connectivity index (χ4n) is 2.27. The summed E-state index contributed by atoms with van der Waals surface area (Å²) < 4.78 is 12.7. The van der Waals surface area contributed by atoms with E-state index in [4.69, 9.17) is 14.3 Å². The maximum atomic E-state index is 6.01. The third kappa shape index (κ3) is 8.77. The molecule has 0 bridgehead atoms. The predicted octanol–water partition coefficient (Wildman–Crippen LogP) is 6.00. The lowest BCUT2D eigenvalue weighted by Gasteiger charge is -2.17. The van der Waals surface area contributed by atoms with E-state index in [1.807, 2.05) is 19.9 Å². The Morgan fingerprint density at radius 3 is 2.40 bits per heavy atom. The van der Waals surface area contributed by atoms with Gasteiger partial charge in [0.15, 0.2) is 6.61 Å². The highest BCUT2D eigenvalue weighted by molar-refractivity contribution is 9.28. The molecule has 0 aromatic heterocycles. The minimum Gasteiger partial charge on any atom is -0.489 e. The van der Waals surface area contributed by atoms with Crippen molar-refractivity contribution in [3.05, 3.63) is 32.7 Å². The van der Waals surface area contributed by atoms with Gasteiger partial charge < -0.3 is 14.3 Å². The summed E-state index contributed by atoms with van der Waals surface area (Å²) in [6.07, 6.45) is 4.80. The molecule has 0 aliphatic carbocycles. The third-order valence-corrected chi connectivity index (χ3v) is 3.92. The summed E-state index contributed by atoms with van der Waals surface area (Å²) in [5.41, 5.74) is 3.22. The molecule has 0 heterocycles. The van der Waals surface area contributed by atoms with Crippen molar-refractivity contribution in [2.75, 3.05) is 19.8 Å². The molecule has 1 aromatic carbocycles. The molecule has 1 rings (SSSR count). The van der Waals surface area contributed by atoms with Crippen molar-refractivity contribution in [2.24, 2.45) is 5.16 Å². The summed E-state index contributed by atoms with van der Waals surface area (Å²) in [4.78, 5) is 5.21. The first-order chi connectivity index (χ1) is 12.0. The summed E-state index contributed by atoms with van der Waals surface area (Å²) in [5.74, 6) is 1.82. The molecule has 0 saturated carbocycles. The van der Waals surface area contributed by atoms with Crippen LogP contribution in [-0.2, 0) is 17.7 Å². The van der Waals surface area contributed by atoms with Gasteiger partial charge in [-0.05, 0) is 87.9 Å². The van der Waals surface area contributed by atoms with Crippen LogP contribution in [0.5, 0.6) is 11.5 Å². The van der Waals surface area contributed by atoms with E-state index < -0.39 is 0 Å². The van der Waals surface area contributed by atoms with Gasteiger partial charge in [-0.1, -0.05) is 25.4 Å². The second kappa shape index (κ2) is 12.4. The summed E-state index contributed by atoms with van der Waals surface area (Å²) in [5, 5.41) is 3.92. The lowest BCUT2D eigenvalue weighted by molar-refractivity contribution is 0.106. The number of benzene rings is 1. The van der Waals surface area contributed by atoms with E-state index >= 15 is 0 Å². The summed E-state index contributed by atoms with van der Waals surface area (Å²) in [6, 6.07) is 4.13. The molecule has 0 aliphatic heterocycles. The molecule has 0 amide bonds. The van der Waals surface area contributed by atoms with Gasteiger partial charge in [-0.25, -0.2) is 0 Å². The fourth-order valence-corrected chi connectivity index (χ4v) is 2.53. The number of ether oxygens (including phenoxy) is 2. The molecule has 0 N–H and O–H groups in total. The molecule has 0 radical (unpaired) electrons. The van der Waals surface area contributed by atoms with Crippen LogP contribution >= 0.6 is 31.9 Å². The van der Waals surface area contributed by atoms with Gasteiger partial charge in [0.25, 0.3) is 0 Å². The van der Waals surface area contributed by atoms with Crippen molar-refractivity contribution >= 4 is 37.6 Å². The molecule has 6 heteroatoms. The molecule has 25 heavy (non-hydrogen) atoms. The standard InChI is InChI=1S/C19H27Br2NO3/c1-5-7-16-13-17(23-9-8-18(20)21)12-15(6-2)19(16)24-10-11-25-22-14(3)4/h8,12-13H,5-7,9-11H2,1-4H3. The number of hydrogen-bond donors (Lipinski definition) is 0. The number of hydrogen-bond acceptors (Lipinski definition) is 4. The van der Waals surface area contributed by atoms with E-state index in [-0.39, 0.29) is 0 Å². The number of oxime groups is 1. The minimum absolute atomic E-state index is 0.433. The smallest absolute Gasteiger partial charge is 0.151 e. The van der Waals surface area contributed by atoms with Crippen LogP contribution in [0.15, 0.2) is 26.8 Å². The largest absolute Gasteiger partial charge is 0.489 e. The Morgan fingerprint density at radius 2 is 1.80 bits per heavy atom. The summed E-state index contributed by atoms with van der Waals surface area (Å²) >= 11 is 6.67. The van der Waals surface area contributed by atoms with Crippen molar-refractivity contribution in [1.29, 1.82) is 0 Å². The van der Waals surface area contributed by atoms with Crippen molar-refractivity contribution in [1.82, 2.24) is 0 Å². The highest BCUT2D eigenvalue weighted by Gasteiger charge is 2.12. The van der Waals surface area contributed by atoms with Crippen LogP contribution in [0.25, 0.3) is 0 Å². The first-order valence-electron chi connectivity index (χ1n) is 8.53. The van der Waals surface area contributed by atoms with Gasteiger partial charge in [0.1, 0.15) is 24.7 Å². The monoisotopic (exact) mass is 475 g/mol. The molecular weight excluding hydrogens is 450 g/mol. The Balaban J connectivity index is 2.86. The van der Waals surface area contributed by atoms with Crippen LogP contribution in [0.3, 0.4) is 0 Å². The highest BCUT2D eigenvalue weighted by Crippen LogP contribution is 2.31. The topological polar surface area (TPSA) is 40.0 Å². The average molecular weight is 477 g/mol. The lowest BCUT2D eigenvalue weighted by atomic mass is 10.0. The zero-order chi connectivity index (χ0) is 18.7.